The van der Waals surface area contributed by atoms with Gasteiger partial charge in [-0.3, -0.25) is 14.6 Å². The molecule has 1 amide bonds. The van der Waals surface area contributed by atoms with E-state index in [2.05, 4.69) is 20.3 Å². The number of ketones is 1. The quantitative estimate of drug-likeness (QED) is 0.165. The van der Waals surface area contributed by atoms with Crippen LogP contribution in [0.4, 0.5) is 5.82 Å². The molecule has 7 rings (SSSR count). The van der Waals surface area contributed by atoms with E-state index in [0.717, 1.165) is 11.1 Å². The van der Waals surface area contributed by atoms with Gasteiger partial charge in [0.15, 0.2) is 34.3 Å². The van der Waals surface area contributed by atoms with Gasteiger partial charge in [-0.2, -0.15) is 0 Å². The molecule has 0 aliphatic carbocycles. The van der Waals surface area contributed by atoms with E-state index in [1.54, 1.807) is 48.2 Å². The molecule has 4 aromatic carbocycles. The van der Waals surface area contributed by atoms with Gasteiger partial charge >= 0.3 is 0 Å². The number of ether oxygens (including phenoxy) is 3. The Labute approximate surface area is 300 Å². The third kappa shape index (κ3) is 6.12. The Hall–Kier alpha value is -6.11. The van der Waals surface area contributed by atoms with Crippen molar-refractivity contribution >= 4 is 28.7 Å². The van der Waals surface area contributed by atoms with Crippen molar-refractivity contribution in [3.8, 4) is 11.5 Å². The highest BCUT2D eigenvalue weighted by Crippen LogP contribution is 2.47. The van der Waals surface area contributed by atoms with Gasteiger partial charge in [0.2, 0.25) is 0 Å². The molecule has 1 fully saturated rings. The third-order valence-electron chi connectivity index (χ3n) is 9.42. The molecule has 12 heteroatoms. The first-order chi connectivity index (χ1) is 25.4. The van der Waals surface area contributed by atoms with E-state index >= 15 is 0 Å². The van der Waals surface area contributed by atoms with Gasteiger partial charge < -0.3 is 24.6 Å². The van der Waals surface area contributed by atoms with E-state index in [9.17, 15) is 14.7 Å². The zero-order valence-electron chi connectivity index (χ0n) is 28.9. The number of fused-ring (bicyclic) bond motifs is 1. The van der Waals surface area contributed by atoms with Gasteiger partial charge in [0, 0.05) is 17.5 Å². The number of rotatable bonds is 12. The normalized spacial score (nSPS) is 17.2. The molecular formula is C40H38N6O6. The van der Waals surface area contributed by atoms with E-state index < -0.39 is 23.8 Å². The SMILES string of the molecule is COc1cccc(C(OCC2CC(O)C(C(C)=O)N2n2cnc3c(NC(=O)c4ccccc4)ncnc32)(c2ccccc2)c2ccccc2)c1OC. The second-order valence-electron chi connectivity index (χ2n) is 12.5. The van der Waals surface area contributed by atoms with E-state index in [-0.39, 0.29) is 30.5 Å². The molecule has 3 unspecified atom stereocenters. The van der Waals surface area contributed by atoms with E-state index in [0.29, 0.717) is 33.8 Å². The molecule has 52 heavy (non-hydrogen) atoms. The van der Waals surface area contributed by atoms with Gasteiger partial charge in [0.05, 0.1) is 33.0 Å². The molecular weight excluding hydrogens is 660 g/mol. The maximum atomic E-state index is 13.2. The van der Waals surface area contributed by atoms with Crippen molar-refractivity contribution in [2.75, 3.05) is 31.2 Å². The zero-order chi connectivity index (χ0) is 36.2. The van der Waals surface area contributed by atoms with Crippen molar-refractivity contribution < 1.29 is 28.9 Å². The molecule has 1 aliphatic heterocycles. The van der Waals surface area contributed by atoms with Crippen molar-refractivity contribution in [1.82, 2.24) is 19.6 Å². The van der Waals surface area contributed by atoms with Gasteiger partial charge in [-0.05, 0) is 36.2 Å². The summed E-state index contributed by atoms with van der Waals surface area (Å²) in [5.41, 5.74) is 2.27. The van der Waals surface area contributed by atoms with Gasteiger partial charge in [-0.25, -0.2) is 19.6 Å². The van der Waals surface area contributed by atoms with Gasteiger partial charge in [-0.1, -0.05) is 91.0 Å². The number of imidazole rings is 1. The van der Waals surface area contributed by atoms with Crippen LogP contribution < -0.4 is 19.8 Å². The van der Waals surface area contributed by atoms with Crippen LogP contribution in [0.5, 0.6) is 11.5 Å². The summed E-state index contributed by atoms with van der Waals surface area (Å²) in [6.07, 6.45) is 2.04. The Balaban J connectivity index is 1.32. The third-order valence-corrected chi connectivity index (χ3v) is 9.42. The number of amides is 1. The standard InChI is InChI=1S/C40H38N6O6/c1-26(47)35-32(48)22-30(46(35)45-25-43-34-37(41-24-42-38(34)45)44-39(49)27-14-7-4-8-15-27)23-52-40(28-16-9-5-10-17-28,29-18-11-6-12-19-29)31-20-13-21-33(50-2)36(31)51-3/h4-21,24-25,30,32,35,48H,22-23H2,1-3H3,(H,41,42,44,49). The van der Waals surface area contributed by atoms with Crippen molar-refractivity contribution in [2.24, 2.45) is 0 Å². The fraction of sp³-hybridized carbons (Fsp3) is 0.225. The smallest absolute Gasteiger partial charge is 0.256 e. The maximum Gasteiger partial charge on any atom is 0.256 e. The average Bonchev–Trinajstić information content (AvgIpc) is 3.76. The Morgan fingerprint density at radius 2 is 1.50 bits per heavy atom. The molecule has 0 bridgehead atoms. The van der Waals surface area contributed by atoms with Gasteiger partial charge in [-0.15, -0.1) is 0 Å². The van der Waals surface area contributed by atoms with Gasteiger partial charge in [0.25, 0.3) is 5.91 Å². The molecule has 264 valence electrons. The summed E-state index contributed by atoms with van der Waals surface area (Å²) < 4.78 is 20.6. The van der Waals surface area contributed by atoms with Gasteiger partial charge in [0.1, 0.15) is 24.3 Å². The van der Waals surface area contributed by atoms with E-state index in [1.807, 2.05) is 84.9 Å². The predicted octanol–water partition coefficient (Wildman–Crippen LogP) is 5.13. The molecule has 0 spiro atoms. The second kappa shape index (κ2) is 14.6. The molecule has 2 aromatic heterocycles. The molecule has 2 N–H and O–H groups in total. The molecule has 1 saturated heterocycles. The van der Waals surface area contributed by atoms with Crippen molar-refractivity contribution in [3.63, 3.8) is 0 Å². The van der Waals surface area contributed by atoms with Crippen LogP contribution in [0, 0.1) is 0 Å². The Morgan fingerprint density at radius 3 is 2.12 bits per heavy atom. The lowest BCUT2D eigenvalue weighted by atomic mass is 9.79. The highest BCUT2D eigenvalue weighted by molar-refractivity contribution is 6.06. The predicted molar refractivity (Wildman–Crippen MR) is 195 cm³/mol. The topological polar surface area (TPSA) is 141 Å². The largest absolute Gasteiger partial charge is 0.493 e. The molecule has 6 aromatic rings. The summed E-state index contributed by atoms with van der Waals surface area (Å²) >= 11 is 0. The molecule has 3 heterocycles. The lowest BCUT2D eigenvalue weighted by Crippen LogP contribution is -2.52. The minimum absolute atomic E-state index is 0.0490. The summed E-state index contributed by atoms with van der Waals surface area (Å²) in [6, 6.07) is 32.7. The number of benzene rings is 4. The van der Waals surface area contributed by atoms with Crippen LogP contribution in [0.1, 0.15) is 40.4 Å². The highest BCUT2D eigenvalue weighted by Gasteiger charge is 2.47. The fourth-order valence-electron chi connectivity index (χ4n) is 7.14. The number of carbonyl (C=O) groups is 2. The summed E-state index contributed by atoms with van der Waals surface area (Å²) in [5.74, 6) is 0.655. The number of nitrogens with one attached hydrogen (secondary N) is 1. The lowest BCUT2D eigenvalue weighted by molar-refractivity contribution is -0.120. The number of aliphatic hydroxyl groups is 1. The van der Waals surface area contributed by atoms with Crippen molar-refractivity contribution in [1.29, 1.82) is 0 Å². The number of hydrogen-bond donors (Lipinski definition) is 2. The van der Waals surface area contributed by atoms with Crippen LogP contribution in [0.3, 0.4) is 0 Å². The van der Waals surface area contributed by atoms with Crippen LogP contribution in [-0.2, 0) is 15.1 Å². The van der Waals surface area contributed by atoms with Crippen LogP contribution in [-0.4, -0.2) is 75.4 Å². The summed E-state index contributed by atoms with van der Waals surface area (Å²) in [6.45, 7) is 1.50. The highest BCUT2D eigenvalue weighted by atomic mass is 16.5. The maximum absolute atomic E-state index is 13.2. The summed E-state index contributed by atoms with van der Waals surface area (Å²) in [5, 5.41) is 16.0. The first-order valence-corrected chi connectivity index (χ1v) is 16.9. The number of methoxy groups -OCH3 is 2. The number of hydrogen-bond acceptors (Lipinski definition) is 10. The van der Waals surface area contributed by atoms with Crippen molar-refractivity contribution in [3.05, 3.63) is 144 Å². The molecule has 0 radical (unpaired) electrons. The van der Waals surface area contributed by atoms with E-state index in [1.165, 1.54) is 19.6 Å². The summed E-state index contributed by atoms with van der Waals surface area (Å²) in [7, 11) is 3.18. The second-order valence-corrected chi connectivity index (χ2v) is 12.5. The number of aromatic nitrogens is 4. The number of aliphatic hydroxyl groups excluding tert-OH is 1. The lowest BCUT2D eigenvalue weighted by Gasteiger charge is -2.39. The molecule has 12 nitrogen and oxygen atoms in total. The number of anilines is 1. The van der Waals surface area contributed by atoms with Crippen LogP contribution in [0.15, 0.2) is 122 Å². The average molecular weight is 699 g/mol. The van der Waals surface area contributed by atoms with Crippen molar-refractivity contribution in [2.45, 2.75) is 37.1 Å². The number of carbonyl (C=O) groups excluding carboxylic acids is 2. The number of para-hydroxylation sites is 1. The molecule has 1 aliphatic rings. The van der Waals surface area contributed by atoms with Crippen LogP contribution in [0.25, 0.3) is 11.2 Å². The van der Waals surface area contributed by atoms with E-state index in [4.69, 9.17) is 14.2 Å². The number of nitrogens with zero attached hydrogens (tertiary/aromatic N) is 5. The minimum Gasteiger partial charge on any atom is -0.493 e. The van der Waals surface area contributed by atoms with Crippen LogP contribution in [0.2, 0.25) is 0 Å². The first kappa shape index (κ1) is 34.3. The Bertz CT molecular complexity index is 2140. The van der Waals surface area contributed by atoms with Crippen LogP contribution >= 0.6 is 0 Å². The Kier molecular flexibility index (Phi) is 9.66. The molecule has 0 saturated carbocycles. The minimum atomic E-state index is -1.22. The monoisotopic (exact) mass is 698 g/mol. The fourth-order valence-corrected chi connectivity index (χ4v) is 7.14. The number of Topliss-reactive ketones (excluding diaryl/α,β-unsaturated/α-hetero) is 1. The first-order valence-electron chi connectivity index (χ1n) is 16.9. The molecule has 3 atom stereocenters. The summed E-state index contributed by atoms with van der Waals surface area (Å²) in [4.78, 5) is 39.7. The zero-order valence-corrected chi connectivity index (χ0v) is 28.9. The Morgan fingerprint density at radius 1 is 0.846 bits per heavy atom.